The average Bonchev–Trinajstić information content (AvgIpc) is 2.54. The zero-order valence-corrected chi connectivity index (χ0v) is 14.7. The highest BCUT2D eigenvalue weighted by Gasteiger charge is 2.21. The molecule has 1 aromatic rings. The maximum atomic E-state index is 11.7. The van der Waals surface area contributed by atoms with Gasteiger partial charge in [0.25, 0.3) is 0 Å². The van der Waals surface area contributed by atoms with Gasteiger partial charge < -0.3 is 15.1 Å². The van der Waals surface area contributed by atoms with Gasteiger partial charge in [-0.05, 0) is 18.2 Å². The van der Waals surface area contributed by atoms with Gasteiger partial charge in [-0.1, -0.05) is 32.4 Å². The van der Waals surface area contributed by atoms with E-state index in [4.69, 9.17) is 11.6 Å². The van der Waals surface area contributed by atoms with Crippen LogP contribution in [0, 0.1) is 5.92 Å². The van der Waals surface area contributed by atoms with Gasteiger partial charge >= 0.3 is 0 Å². The first-order valence-electron chi connectivity index (χ1n) is 8.05. The lowest BCUT2D eigenvalue weighted by atomic mass is 10.2. The third-order valence-electron chi connectivity index (χ3n) is 4.02. The second-order valence-electron chi connectivity index (χ2n) is 6.03. The molecule has 0 aliphatic carbocycles. The van der Waals surface area contributed by atoms with E-state index in [-0.39, 0.29) is 17.7 Å². The fourth-order valence-corrected chi connectivity index (χ4v) is 2.85. The zero-order chi connectivity index (χ0) is 17.0. The molecular formula is C17H24ClN3O2. The van der Waals surface area contributed by atoms with Crippen molar-refractivity contribution in [1.29, 1.82) is 0 Å². The van der Waals surface area contributed by atoms with Crippen LogP contribution in [0.3, 0.4) is 0 Å². The summed E-state index contributed by atoms with van der Waals surface area (Å²) in [5, 5.41) is 3.46. The van der Waals surface area contributed by atoms with Gasteiger partial charge in [-0.25, -0.2) is 0 Å². The van der Waals surface area contributed by atoms with E-state index in [0.717, 1.165) is 31.9 Å². The Hall–Kier alpha value is -1.75. The minimum Gasteiger partial charge on any atom is -0.367 e. The number of anilines is 2. The predicted octanol–water partition coefficient (Wildman–Crippen LogP) is 2.99. The van der Waals surface area contributed by atoms with Crippen LogP contribution >= 0.6 is 11.6 Å². The Morgan fingerprint density at radius 2 is 1.87 bits per heavy atom. The molecular weight excluding hydrogens is 314 g/mol. The third kappa shape index (κ3) is 4.38. The first-order chi connectivity index (χ1) is 10.9. The highest BCUT2D eigenvalue weighted by Crippen LogP contribution is 2.29. The number of halogens is 1. The molecule has 1 N–H and O–H groups in total. The maximum absolute atomic E-state index is 11.7. The molecule has 2 rings (SSSR count). The number of benzene rings is 1. The van der Waals surface area contributed by atoms with Crippen LogP contribution in [0.1, 0.15) is 27.2 Å². The molecule has 126 valence electrons. The Kier molecular flexibility index (Phi) is 5.88. The summed E-state index contributed by atoms with van der Waals surface area (Å²) in [5.41, 5.74) is 1.65. The molecule has 0 atom stereocenters. The number of piperazine rings is 1. The molecule has 1 heterocycles. The van der Waals surface area contributed by atoms with Crippen LogP contribution in [0.25, 0.3) is 0 Å². The number of nitrogens with one attached hydrogen (secondary N) is 1. The molecule has 1 aliphatic heterocycles. The topological polar surface area (TPSA) is 52.7 Å². The van der Waals surface area contributed by atoms with Gasteiger partial charge in [0, 0.05) is 44.2 Å². The van der Waals surface area contributed by atoms with Crippen molar-refractivity contribution in [2.45, 2.75) is 27.2 Å². The SMILES string of the molecule is CCC(=O)N1CCN(c2ccc(NC(=O)C(C)C)cc2Cl)CC1. The van der Waals surface area contributed by atoms with E-state index < -0.39 is 0 Å². The van der Waals surface area contributed by atoms with E-state index in [1.54, 1.807) is 6.07 Å². The largest absolute Gasteiger partial charge is 0.367 e. The third-order valence-corrected chi connectivity index (χ3v) is 4.32. The monoisotopic (exact) mass is 337 g/mol. The van der Waals surface area contributed by atoms with Crippen molar-refractivity contribution in [1.82, 2.24) is 4.90 Å². The van der Waals surface area contributed by atoms with Gasteiger partial charge in [0.1, 0.15) is 0 Å². The van der Waals surface area contributed by atoms with Crippen LogP contribution in [0.5, 0.6) is 0 Å². The van der Waals surface area contributed by atoms with Crippen molar-refractivity contribution in [3.63, 3.8) is 0 Å². The first-order valence-corrected chi connectivity index (χ1v) is 8.43. The Morgan fingerprint density at radius 1 is 1.22 bits per heavy atom. The molecule has 2 amide bonds. The normalized spacial score (nSPS) is 15.0. The average molecular weight is 338 g/mol. The molecule has 1 saturated heterocycles. The Balaban J connectivity index is 2.02. The van der Waals surface area contributed by atoms with Crippen molar-refractivity contribution in [2.24, 2.45) is 5.92 Å². The maximum Gasteiger partial charge on any atom is 0.226 e. The molecule has 1 fully saturated rings. The lowest BCUT2D eigenvalue weighted by Crippen LogP contribution is -2.48. The van der Waals surface area contributed by atoms with Gasteiger partial charge in [-0.3, -0.25) is 9.59 Å². The smallest absolute Gasteiger partial charge is 0.226 e. The molecule has 23 heavy (non-hydrogen) atoms. The van der Waals surface area contributed by atoms with E-state index in [1.165, 1.54) is 0 Å². The van der Waals surface area contributed by atoms with Crippen LogP contribution in [-0.4, -0.2) is 42.9 Å². The number of carbonyl (C=O) groups is 2. The van der Waals surface area contributed by atoms with Crippen molar-refractivity contribution < 1.29 is 9.59 Å². The minimum atomic E-state index is -0.0716. The predicted molar refractivity (Wildman–Crippen MR) is 94.0 cm³/mol. The molecule has 0 saturated carbocycles. The first kappa shape index (κ1) is 17.6. The molecule has 1 aliphatic rings. The molecule has 0 unspecified atom stereocenters. The summed E-state index contributed by atoms with van der Waals surface area (Å²) in [4.78, 5) is 27.5. The van der Waals surface area contributed by atoms with E-state index in [2.05, 4.69) is 10.2 Å². The second-order valence-corrected chi connectivity index (χ2v) is 6.44. The fraction of sp³-hybridized carbons (Fsp3) is 0.529. The van der Waals surface area contributed by atoms with Gasteiger partial charge in [0.15, 0.2) is 0 Å². The molecule has 1 aromatic carbocycles. The summed E-state index contributed by atoms with van der Waals surface area (Å²) in [6.45, 7) is 8.55. The van der Waals surface area contributed by atoms with Gasteiger partial charge in [0.05, 0.1) is 10.7 Å². The van der Waals surface area contributed by atoms with Crippen molar-refractivity contribution in [3.8, 4) is 0 Å². The minimum absolute atomic E-state index is 0.0273. The van der Waals surface area contributed by atoms with Gasteiger partial charge in [0.2, 0.25) is 11.8 Å². The lowest BCUT2D eigenvalue weighted by Gasteiger charge is -2.36. The molecule has 0 radical (unpaired) electrons. The van der Waals surface area contributed by atoms with Crippen LogP contribution in [0.15, 0.2) is 18.2 Å². The molecule has 6 heteroatoms. The van der Waals surface area contributed by atoms with E-state index in [1.807, 2.05) is 37.8 Å². The highest BCUT2D eigenvalue weighted by molar-refractivity contribution is 6.33. The molecule has 0 bridgehead atoms. The van der Waals surface area contributed by atoms with Crippen molar-refractivity contribution in [3.05, 3.63) is 23.2 Å². The number of nitrogens with zero attached hydrogens (tertiary/aromatic N) is 2. The number of carbonyl (C=O) groups excluding carboxylic acids is 2. The quantitative estimate of drug-likeness (QED) is 0.919. The molecule has 0 aromatic heterocycles. The summed E-state index contributed by atoms with van der Waals surface area (Å²) in [6, 6.07) is 5.57. The van der Waals surface area contributed by atoms with Gasteiger partial charge in [-0.2, -0.15) is 0 Å². The molecule has 5 nitrogen and oxygen atoms in total. The summed E-state index contributed by atoms with van der Waals surface area (Å²) in [5.74, 6) is 0.0978. The summed E-state index contributed by atoms with van der Waals surface area (Å²) in [6.07, 6.45) is 0.547. The van der Waals surface area contributed by atoms with E-state index in [0.29, 0.717) is 17.1 Å². The number of hydrogen-bond donors (Lipinski definition) is 1. The number of hydrogen-bond acceptors (Lipinski definition) is 3. The van der Waals surface area contributed by atoms with Crippen LogP contribution in [0.2, 0.25) is 5.02 Å². The summed E-state index contributed by atoms with van der Waals surface area (Å²) >= 11 is 6.38. The zero-order valence-electron chi connectivity index (χ0n) is 13.9. The summed E-state index contributed by atoms with van der Waals surface area (Å²) < 4.78 is 0. The van der Waals surface area contributed by atoms with E-state index >= 15 is 0 Å². The second kappa shape index (κ2) is 7.68. The van der Waals surface area contributed by atoms with Crippen LogP contribution < -0.4 is 10.2 Å². The van der Waals surface area contributed by atoms with E-state index in [9.17, 15) is 9.59 Å². The molecule has 0 spiro atoms. The highest BCUT2D eigenvalue weighted by atomic mass is 35.5. The van der Waals surface area contributed by atoms with Crippen molar-refractivity contribution in [2.75, 3.05) is 36.4 Å². The van der Waals surface area contributed by atoms with Gasteiger partial charge in [-0.15, -0.1) is 0 Å². The standard InChI is InChI=1S/C17H24ClN3O2/c1-4-16(22)21-9-7-20(8-10-21)15-6-5-13(11-14(15)18)19-17(23)12(2)3/h5-6,11-12H,4,7-10H2,1-3H3,(H,19,23). The Bertz CT molecular complexity index is 581. The Labute approximate surface area is 142 Å². The lowest BCUT2D eigenvalue weighted by molar-refractivity contribution is -0.131. The number of rotatable bonds is 4. The van der Waals surface area contributed by atoms with Crippen LogP contribution in [-0.2, 0) is 9.59 Å². The van der Waals surface area contributed by atoms with Crippen molar-refractivity contribution >= 4 is 34.8 Å². The summed E-state index contributed by atoms with van der Waals surface area (Å²) in [7, 11) is 0. The Morgan fingerprint density at radius 3 is 2.39 bits per heavy atom. The number of amides is 2. The van der Waals surface area contributed by atoms with Crippen LogP contribution in [0.4, 0.5) is 11.4 Å². The fourth-order valence-electron chi connectivity index (χ4n) is 2.55.